The van der Waals surface area contributed by atoms with Gasteiger partial charge in [0.25, 0.3) is 0 Å². The lowest BCUT2D eigenvalue weighted by Crippen LogP contribution is -1.90. The second-order valence-electron chi connectivity index (χ2n) is 2.96. The van der Waals surface area contributed by atoms with Crippen molar-refractivity contribution in [1.82, 2.24) is 0 Å². The standard InChI is InChI=1S/C10H8BrClOS/c1-6-2-4-13-9(6)8(12)10-7(11)3-5-14-10/h2-5,8H,1H3. The van der Waals surface area contributed by atoms with Crippen LogP contribution in [0.4, 0.5) is 0 Å². The van der Waals surface area contributed by atoms with Gasteiger partial charge in [-0.1, -0.05) is 0 Å². The van der Waals surface area contributed by atoms with Crippen molar-refractivity contribution in [2.45, 2.75) is 12.3 Å². The second-order valence-corrected chi connectivity index (χ2v) is 5.20. The Hall–Kier alpha value is -0.250. The van der Waals surface area contributed by atoms with Crippen molar-refractivity contribution < 1.29 is 4.42 Å². The zero-order chi connectivity index (χ0) is 10.1. The predicted molar refractivity (Wildman–Crippen MR) is 63.2 cm³/mol. The summed E-state index contributed by atoms with van der Waals surface area (Å²) in [4.78, 5) is 1.09. The van der Waals surface area contributed by atoms with Crippen LogP contribution >= 0.6 is 38.9 Å². The van der Waals surface area contributed by atoms with Crippen molar-refractivity contribution in [3.8, 4) is 0 Å². The summed E-state index contributed by atoms with van der Waals surface area (Å²) in [5.74, 6) is 0.829. The lowest BCUT2D eigenvalue weighted by Gasteiger charge is -2.05. The van der Waals surface area contributed by atoms with Gasteiger partial charge in [0, 0.05) is 9.35 Å². The first-order chi connectivity index (χ1) is 6.70. The van der Waals surface area contributed by atoms with Crippen LogP contribution < -0.4 is 0 Å². The second kappa shape index (κ2) is 4.09. The third kappa shape index (κ3) is 1.76. The van der Waals surface area contributed by atoms with Crippen molar-refractivity contribution in [1.29, 1.82) is 0 Å². The van der Waals surface area contributed by atoms with E-state index in [-0.39, 0.29) is 5.38 Å². The van der Waals surface area contributed by atoms with Gasteiger partial charge in [-0.2, -0.15) is 0 Å². The highest BCUT2D eigenvalue weighted by Crippen LogP contribution is 2.38. The topological polar surface area (TPSA) is 13.1 Å². The van der Waals surface area contributed by atoms with E-state index in [1.165, 1.54) is 0 Å². The predicted octanol–water partition coefficient (Wildman–Crippen LogP) is 4.74. The number of thiophene rings is 1. The lowest BCUT2D eigenvalue weighted by molar-refractivity contribution is 0.514. The molecule has 0 amide bonds. The molecule has 0 saturated carbocycles. The van der Waals surface area contributed by atoms with E-state index in [4.69, 9.17) is 16.0 Å². The fourth-order valence-corrected chi connectivity index (χ4v) is 3.45. The number of furan rings is 1. The average Bonchev–Trinajstić information content (AvgIpc) is 2.73. The Labute approximate surface area is 99.8 Å². The zero-order valence-corrected chi connectivity index (χ0v) is 10.6. The molecule has 1 nitrogen and oxygen atoms in total. The Bertz CT molecular complexity index is 395. The molecule has 2 aromatic heterocycles. The highest BCUT2D eigenvalue weighted by atomic mass is 79.9. The number of halogens is 2. The molecule has 2 aromatic rings. The summed E-state index contributed by atoms with van der Waals surface area (Å²) in [6.45, 7) is 2.00. The van der Waals surface area contributed by atoms with Crippen LogP contribution in [-0.2, 0) is 0 Å². The smallest absolute Gasteiger partial charge is 0.129 e. The van der Waals surface area contributed by atoms with Crippen LogP contribution in [0.15, 0.2) is 32.7 Å². The van der Waals surface area contributed by atoms with Gasteiger partial charge in [0.1, 0.15) is 11.1 Å². The van der Waals surface area contributed by atoms with E-state index in [1.54, 1.807) is 17.6 Å². The molecule has 2 heterocycles. The Morgan fingerprint density at radius 2 is 2.29 bits per heavy atom. The van der Waals surface area contributed by atoms with Gasteiger partial charge < -0.3 is 4.42 Å². The molecule has 0 bridgehead atoms. The van der Waals surface area contributed by atoms with Crippen molar-refractivity contribution >= 4 is 38.9 Å². The quantitative estimate of drug-likeness (QED) is 0.728. The molecule has 0 spiro atoms. The van der Waals surface area contributed by atoms with Crippen LogP contribution in [0.2, 0.25) is 0 Å². The van der Waals surface area contributed by atoms with E-state index in [0.29, 0.717) is 0 Å². The van der Waals surface area contributed by atoms with E-state index in [9.17, 15) is 0 Å². The first-order valence-electron chi connectivity index (χ1n) is 4.11. The van der Waals surface area contributed by atoms with E-state index in [2.05, 4.69) is 15.9 Å². The van der Waals surface area contributed by atoms with Gasteiger partial charge in [-0.15, -0.1) is 22.9 Å². The minimum Gasteiger partial charge on any atom is -0.467 e. The van der Waals surface area contributed by atoms with E-state index >= 15 is 0 Å². The molecule has 0 aliphatic rings. The Morgan fingerprint density at radius 3 is 2.79 bits per heavy atom. The van der Waals surface area contributed by atoms with Crippen molar-refractivity contribution in [3.63, 3.8) is 0 Å². The summed E-state index contributed by atoms with van der Waals surface area (Å²) >= 11 is 11.4. The molecule has 0 fully saturated rings. The first-order valence-corrected chi connectivity index (χ1v) is 6.22. The van der Waals surface area contributed by atoms with E-state index in [1.807, 2.05) is 24.4 Å². The summed E-state index contributed by atoms with van der Waals surface area (Å²) < 4.78 is 6.40. The summed E-state index contributed by atoms with van der Waals surface area (Å²) in [5, 5.41) is 1.81. The van der Waals surface area contributed by atoms with Gasteiger partial charge in [-0.05, 0) is 45.9 Å². The van der Waals surface area contributed by atoms with Gasteiger partial charge in [-0.25, -0.2) is 0 Å². The normalized spacial score (nSPS) is 13.1. The van der Waals surface area contributed by atoms with Gasteiger partial charge in [0.05, 0.1) is 6.26 Å². The summed E-state index contributed by atoms with van der Waals surface area (Å²) in [7, 11) is 0. The van der Waals surface area contributed by atoms with Gasteiger partial charge in [0.2, 0.25) is 0 Å². The minimum atomic E-state index is -0.195. The molecular formula is C10H8BrClOS. The van der Waals surface area contributed by atoms with Crippen LogP contribution in [0, 0.1) is 6.92 Å². The average molecular weight is 292 g/mol. The summed E-state index contributed by atoms with van der Waals surface area (Å²) in [6, 6.07) is 3.92. The highest BCUT2D eigenvalue weighted by molar-refractivity contribution is 9.10. The maximum Gasteiger partial charge on any atom is 0.129 e. The highest BCUT2D eigenvalue weighted by Gasteiger charge is 2.19. The molecule has 1 unspecified atom stereocenters. The van der Waals surface area contributed by atoms with E-state index < -0.39 is 0 Å². The number of alkyl halides is 1. The molecule has 0 aliphatic heterocycles. The Balaban J connectivity index is 2.38. The third-order valence-electron chi connectivity index (χ3n) is 2.01. The monoisotopic (exact) mass is 290 g/mol. The Morgan fingerprint density at radius 1 is 1.50 bits per heavy atom. The maximum absolute atomic E-state index is 6.31. The zero-order valence-electron chi connectivity index (χ0n) is 7.46. The SMILES string of the molecule is Cc1ccoc1C(Cl)c1sccc1Br. The molecule has 14 heavy (non-hydrogen) atoms. The number of hydrogen-bond acceptors (Lipinski definition) is 2. The van der Waals surface area contributed by atoms with Crippen molar-refractivity contribution in [2.75, 3.05) is 0 Å². The molecular weight excluding hydrogens is 284 g/mol. The van der Waals surface area contributed by atoms with Gasteiger partial charge >= 0.3 is 0 Å². The van der Waals surface area contributed by atoms with Crippen LogP contribution in [0.3, 0.4) is 0 Å². The fraction of sp³-hybridized carbons (Fsp3) is 0.200. The van der Waals surface area contributed by atoms with Gasteiger partial charge in [0.15, 0.2) is 0 Å². The molecule has 0 aliphatic carbocycles. The number of rotatable bonds is 2. The molecule has 0 saturated heterocycles. The first kappa shape index (κ1) is 10.3. The summed E-state index contributed by atoms with van der Waals surface area (Å²) in [5.41, 5.74) is 1.09. The molecule has 2 rings (SSSR count). The van der Waals surface area contributed by atoms with E-state index in [0.717, 1.165) is 20.7 Å². The van der Waals surface area contributed by atoms with Gasteiger partial charge in [-0.3, -0.25) is 0 Å². The lowest BCUT2D eigenvalue weighted by atomic mass is 10.2. The summed E-state index contributed by atoms with van der Waals surface area (Å²) in [6.07, 6.45) is 1.67. The number of aryl methyl sites for hydroxylation is 1. The maximum atomic E-state index is 6.31. The molecule has 74 valence electrons. The molecule has 4 heteroatoms. The van der Waals surface area contributed by atoms with Crippen LogP contribution in [0.5, 0.6) is 0 Å². The third-order valence-corrected chi connectivity index (χ3v) is 4.49. The fourth-order valence-electron chi connectivity index (χ4n) is 1.25. The molecule has 1 atom stereocenters. The van der Waals surface area contributed by atoms with Crippen molar-refractivity contribution in [3.05, 3.63) is 44.4 Å². The number of hydrogen-bond donors (Lipinski definition) is 0. The molecule has 0 aromatic carbocycles. The van der Waals surface area contributed by atoms with Crippen LogP contribution in [-0.4, -0.2) is 0 Å². The van der Waals surface area contributed by atoms with Crippen LogP contribution in [0.25, 0.3) is 0 Å². The Kier molecular flexibility index (Phi) is 3.00. The minimum absolute atomic E-state index is 0.195. The van der Waals surface area contributed by atoms with Crippen LogP contribution in [0.1, 0.15) is 21.6 Å². The van der Waals surface area contributed by atoms with Crippen molar-refractivity contribution in [2.24, 2.45) is 0 Å². The molecule has 0 N–H and O–H groups in total. The largest absolute Gasteiger partial charge is 0.467 e. The molecule has 0 radical (unpaired) electrons.